The lowest BCUT2D eigenvalue weighted by Crippen LogP contribution is -2.44. The number of hydrogen-bond donors (Lipinski definition) is 4. The largest absolute Gasteiger partial charge is 0.339 e. The number of hydroxylamine groups is 1. The fourth-order valence-electron chi connectivity index (χ4n) is 3.94. The second-order valence-corrected chi connectivity index (χ2v) is 8.45. The summed E-state index contributed by atoms with van der Waals surface area (Å²) >= 11 is 0. The van der Waals surface area contributed by atoms with E-state index in [1.54, 1.807) is 23.8 Å². The van der Waals surface area contributed by atoms with Gasteiger partial charge in [-0.3, -0.25) is 24.6 Å². The molecule has 4 aromatic rings. The van der Waals surface area contributed by atoms with E-state index in [-0.39, 0.29) is 18.0 Å². The minimum atomic E-state index is -0.804. The van der Waals surface area contributed by atoms with E-state index in [2.05, 4.69) is 20.6 Å². The molecule has 2 aromatic heterocycles. The molecule has 0 aliphatic rings. The van der Waals surface area contributed by atoms with E-state index >= 15 is 0 Å². The molecule has 0 aliphatic heterocycles. The Morgan fingerprint density at radius 2 is 1.69 bits per heavy atom. The average Bonchev–Trinajstić information content (AvgIpc) is 2.91. The molecule has 0 unspecified atom stereocenters. The molecule has 1 atom stereocenters. The van der Waals surface area contributed by atoms with Crippen molar-refractivity contribution in [2.45, 2.75) is 38.1 Å². The second-order valence-electron chi connectivity index (χ2n) is 8.45. The van der Waals surface area contributed by atoms with E-state index in [0.29, 0.717) is 36.9 Å². The number of anilines is 1. The molecule has 0 saturated heterocycles. The molecule has 184 valence electrons. The van der Waals surface area contributed by atoms with Crippen LogP contribution in [0, 0.1) is 0 Å². The van der Waals surface area contributed by atoms with Crippen LogP contribution in [0.2, 0.25) is 0 Å². The first-order chi connectivity index (χ1) is 17.5. The highest BCUT2D eigenvalue weighted by Gasteiger charge is 2.22. The quantitative estimate of drug-likeness (QED) is 0.153. The third kappa shape index (κ3) is 6.39. The minimum absolute atomic E-state index is 0.186. The number of para-hydroxylation sites is 1. The number of nitrogens with one attached hydrogen (secondary N) is 3. The molecular formula is C27H27N5O4. The smallest absolute Gasteiger partial charge is 0.270 e. The van der Waals surface area contributed by atoms with E-state index in [4.69, 9.17) is 5.21 Å². The van der Waals surface area contributed by atoms with Gasteiger partial charge in [0.2, 0.25) is 11.8 Å². The van der Waals surface area contributed by atoms with Gasteiger partial charge in [0.05, 0.1) is 11.0 Å². The monoisotopic (exact) mass is 485 g/mol. The molecule has 9 heteroatoms. The SMILES string of the molecule is O=C(CCCCC[C@H](NC(=O)c1ccc2ccccc2n1)C(=O)Nc1ccc2ncccc2c1)NO. The number of pyridine rings is 2. The van der Waals surface area contributed by atoms with Gasteiger partial charge >= 0.3 is 0 Å². The number of carbonyl (C=O) groups is 3. The molecule has 2 aromatic carbocycles. The van der Waals surface area contributed by atoms with Crippen LogP contribution in [0.15, 0.2) is 72.9 Å². The van der Waals surface area contributed by atoms with Crippen LogP contribution in [0.5, 0.6) is 0 Å². The summed E-state index contributed by atoms with van der Waals surface area (Å²) in [6.45, 7) is 0. The molecule has 0 fully saturated rings. The Hall–Kier alpha value is -4.37. The van der Waals surface area contributed by atoms with Crippen LogP contribution in [-0.4, -0.2) is 38.9 Å². The van der Waals surface area contributed by atoms with Crippen molar-refractivity contribution in [2.24, 2.45) is 0 Å². The lowest BCUT2D eigenvalue weighted by Gasteiger charge is -2.19. The zero-order valence-corrected chi connectivity index (χ0v) is 19.6. The first kappa shape index (κ1) is 24.7. The fourth-order valence-corrected chi connectivity index (χ4v) is 3.94. The van der Waals surface area contributed by atoms with Crippen molar-refractivity contribution in [1.82, 2.24) is 20.8 Å². The molecule has 9 nitrogen and oxygen atoms in total. The molecule has 0 spiro atoms. The van der Waals surface area contributed by atoms with Gasteiger partial charge in [-0.2, -0.15) is 0 Å². The summed E-state index contributed by atoms with van der Waals surface area (Å²) in [5.74, 6) is -1.24. The number of benzene rings is 2. The topological polar surface area (TPSA) is 133 Å². The van der Waals surface area contributed by atoms with Crippen molar-refractivity contribution in [2.75, 3.05) is 5.32 Å². The number of carbonyl (C=O) groups excluding carboxylic acids is 3. The second kappa shape index (κ2) is 11.9. The first-order valence-electron chi connectivity index (χ1n) is 11.8. The molecule has 0 saturated carbocycles. The predicted molar refractivity (Wildman–Crippen MR) is 136 cm³/mol. The van der Waals surface area contributed by atoms with Crippen molar-refractivity contribution in [1.29, 1.82) is 0 Å². The molecule has 2 heterocycles. The van der Waals surface area contributed by atoms with E-state index in [1.807, 2.05) is 54.6 Å². The maximum absolute atomic E-state index is 13.2. The summed E-state index contributed by atoms with van der Waals surface area (Å²) in [6, 6.07) is 19.3. The Balaban J connectivity index is 1.46. The molecule has 0 bridgehead atoms. The van der Waals surface area contributed by atoms with E-state index in [0.717, 1.165) is 16.3 Å². The van der Waals surface area contributed by atoms with Crippen LogP contribution in [0.1, 0.15) is 42.6 Å². The molecular weight excluding hydrogens is 458 g/mol. The summed E-state index contributed by atoms with van der Waals surface area (Å²) in [5, 5.41) is 16.1. The average molecular weight is 486 g/mol. The van der Waals surface area contributed by atoms with Gasteiger partial charge in [-0.1, -0.05) is 43.2 Å². The number of aromatic nitrogens is 2. The summed E-state index contributed by atoms with van der Waals surface area (Å²) in [6.07, 6.45) is 4.08. The van der Waals surface area contributed by atoms with Gasteiger partial charge in [0.25, 0.3) is 5.91 Å². The van der Waals surface area contributed by atoms with Crippen LogP contribution in [0.4, 0.5) is 5.69 Å². The van der Waals surface area contributed by atoms with Gasteiger partial charge in [0.1, 0.15) is 11.7 Å². The minimum Gasteiger partial charge on any atom is -0.339 e. The highest BCUT2D eigenvalue weighted by Crippen LogP contribution is 2.18. The Labute approximate surface area is 207 Å². The summed E-state index contributed by atoms with van der Waals surface area (Å²) in [7, 11) is 0. The summed E-state index contributed by atoms with van der Waals surface area (Å²) in [4.78, 5) is 46.1. The van der Waals surface area contributed by atoms with E-state index in [1.165, 1.54) is 0 Å². The zero-order chi connectivity index (χ0) is 25.3. The Kier molecular flexibility index (Phi) is 8.15. The Bertz CT molecular complexity index is 1390. The highest BCUT2D eigenvalue weighted by molar-refractivity contribution is 6.02. The van der Waals surface area contributed by atoms with Crippen molar-refractivity contribution < 1.29 is 19.6 Å². The number of fused-ring (bicyclic) bond motifs is 2. The molecule has 4 rings (SSSR count). The maximum Gasteiger partial charge on any atom is 0.270 e. The van der Waals surface area contributed by atoms with Crippen molar-refractivity contribution >= 4 is 45.2 Å². The summed E-state index contributed by atoms with van der Waals surface area (Å²) < 4.78 is 0. The number of hydrogen-bond acceptors (Lipinski definition) is 6. The van der Waals surface area contributed by atoms with Gasteiger partial charge < -0.3 is 10.6 Å². The standard InChI is InChI=1S/C27H27N5O4/c33-25(32-36)11-3-1-2-10-23(26(34)29-20-13-15-21-19(17-20)8-6-16-28-21)31-27(35)24-14-12-18-7-4-5-9-22(18)30-24/h4-9,12-17,23,36H,1-3,10-11H2,(H,29,34)(H,31,35)(H,32,33)/t23-/m0/s1. The van der Waals surface area contributed by atoms with Crippen molar-refractivity contribution in [3.05, 3.63) is 78.6 Å². The third-order valence-corrected chi connectivity index (χ3v) is 5.84. The van der Waals surface area contributed by atoms with Crippen molar-refractivity contribution in [3.8, 4) is 0 Å². The summed E-state index contributed by atoms with van der Waals surface area (Å²) in [5.41, 5.74) is 3.94. The molecule has 0 radical (unpaired) electrons. The highest BCUT2D eigenvalue weighted by atomic mass is 16.5. The van der Waals surface area contributed by atoms with Crippen molar-refractivity contribution in [3.63, 3.8) is 0 Å². The molecule has 0 aliphatic carbocycles. The van der Waals surface area contributed by atoms with Gasteiger partial charge in [0, 0.05) is 29.1 Å². The van der Waals surface area contributed by atoms with Crippen LogP contribution >= 0.6 is 0 Å². The number of nitrogens with zero attached hydrogens (tertiary/aromatic N) is 2. The first-order valence-corrected chi connectivity index (χ1v) is 11.8. The third-order valence-electron chi connectivity index (χ3n) is 5.84. The van der Waals surface area contributed by atoms with E-state index in [9.17, 15) is 14.4 Å². The normalized spacial score (nSPS) is 11.7. The van der Waals surface area contributed by atoms with Gasteiger partial charge in [-0.15, -0.1) is 0 Å². The van der Waals surface area contributed by atoms with Crippen LogP contribution in [0.25, 0.3) is 21.8 Å². The maximum atomic E-state index is 13.2. The lowest BCUT2D eigenvalue weighted by atomic mass is 10.1. The number of rotatable bonds is 10. The van der Waals surface area contributed by atoms with Gasteiger partial charge in [-0.05, 0) is 49.2 Å². The lowest BCUT2D eigenvalue weighted by molar-refractivity contribution is -0.129. The Morgan fingerprint density at radius 3 is 2.56 bits per heavy atom. The molecule has 3 amide bonds. The number of unbranched alkanes of at least 4 members (excludes halogenated alkanes) is 2. The zero-order valence-electron chi connectivity index (χ0n) is 19.6. The van der Waals surface area contributed by atoms with Gasteiger partial charge in [0.15, 0.2) is 0 Å². The fraction of sp³-hybridized carbons (Fsp3) is 0.222. The number of amides is 3. The Morgan fingerprint density at radius 1 is 0.861 bits per heavy atom. The molecule has 36 heavy (non-hydrogen) atoms. The predicted octanol–water partition coefficient (Wildman–Crippen LogP) is 3.98. The van der Waals surface area contributed by atoms with Gasteiger partial charge in [-0.25, -0.2) is 10.5 Å². The van der Waals surface area contributed by atoms with Crippen LogP contribution < -0.4 is 16.1 Å². The molecule has 4 N–H and O–H groups in total. The van der Waals surface area contributed by atoms with Crippen LogP contribution in [0.3, 0.4) is 0 Å². The van der Waals surface area contributed by atoms with E-state index < -0.39 is 17.9 Å². The van der Waals surface area contributed by atoms with Crippen LogP contribution in [-0.2, 0) is 9.59 Å².